The molecule has 0 spiro atoms. The van der Waals surface area contributed by atoms with Crippen molar-refractivity contribution >= 4 is 11.0 Å². The van der Waals surface area contributed by atoms with Crippen LogP contribution in [0.4, 0.5) is 0 Å². The van der Waals surface area contributed by atoms with E-state index in [1.807, 2.05) is 16.9 Å². The Hall–Kier alpha value is -2.24. The number of nitrogens with zero attached hydrogens (tertiary/aromatic N) is 4. The Morgan fingerprint density at radius 3 is 2.88 bits per heavy atom. The van der Waals surface area contributed by atoms with Gasteiger partial charge in [-0.05, 0) is 55.6 Å². The Kier molecular flexibility index (Phi) is 4.74. The molecule has 26 heavy (non-hydrogen) atoms. The Bertz CT molecular complexity index is 914. The summed E-state index contributed by atoms with van der Waals surface area (Å²) in [6, 6.07) is 10.9. The van der Waals surface area contributed by atoms with Gasteiger partial charge in [0.1, 0.15) is 0 Å². The molecule has 0 amide bonds. The Labute approximate surface area is 154 Å². The average Bonchev–Trinajstić information content (AvgIpc) is 3.24. The molecular formula is C21H27N5. The van der Waals surface area contributed by atoms with Gasteiger partial charge in [-0.15, -0.1) is 0 Å². The number of hydrogen-bond donors (Lipinski definition) is 1. The molecule has 1 fully saturated rings. The molecule has 5 heteroatoms. The molecule has 1 atom stereocenters. The largest absolute Gasteiger partial charge is 0.329 e. The van der Waals surface area contributed by atoms with E-state index < -0.39 is 0 Å². The number of nitrogens with two attached hydrogens (primary N) is 1. The molecule has 0 aliphatic carbocycles. The highest BCUT2D eigenvalue weighted by atomic mass is 15.3. The van der Waals surface area contributed by atoms with Crippen molar-refractivity contribution < 1.29 is 0 Å². The third-order valence-corrected chi connectivity index (χ3v) is 5.51. The van der Waals surface area contributed by atoms with E-state index >= 15 is 0 Å². The van der Waals surface area contributed by atoms with Crippen molar-refractivity contribution in [3.05, 3.63) is 58.9 Å². The van der Waals surface area contributed by atoms with Gasteiger partial charge in [0.15, 0.2) is 5.65 Å². The molecule has 0 radical (unpaired) electrons. The second-order valence-electron chi connectivity index (χ2n) is 7.41. The summed E-state index contributed by atoms with van der Waals surface area (Å²) in [6.07, 6.45) is 2.98. The van der Waals surface area contributed by atoms with E-state index in [0.29, 0.717) is 19.0 Å². The molecule has 3 heterocycles. The SMILES string of the molecule is Cc1ccc(CN2CCC(c3nn(CCN)c4ncccc34)C2)cc1C. The van der Waals surface area contributed by atoms with Crippen molar-refractivity contribution in [3.63, 3.8) is 0 Å². The van der Waals surface area contributed by atoms with Gasteiger partial charge in [-0.25, -0.2) is 9.67 Å². The van der Waals surface area contributed by atoms with Gasteiger partial charge in [0.05, 0.1) is 12.2 Å². The van der Waals surface area contributed by atoms with E-state index in [4.69, 9.17) is 10.8 Å². The van der Waals surface area contributed by atoms with Gasteiger partial charge in [0, 0.05) is 37.1 Å². The summed E-state index contributed by atoms with van der Waals surface area (Å²) in [7, 11) is 0. The van der Waals surface area contributed by atoms with Crippen molar-refractivity contribution in [2.75, 3.05) is 19.6 Å². The van der Waals surface area contributed by atoms with Gasteiger partial charge in [-0.3, -0.25) is 4.90 Å². The van der Waals surface area contributed by atoms with Crippen LogP contribution in [-0.2, 0) is 13.1 Å². The molecular weight excluding hydrogens is 322 g/mol. The zero-order valence-corrected chi connectivity index (χ0v) is 15.7. The topological polar surface area (TPSA) is 60.0 Å². The lowest BCUT2D eigenvalue weighted by Crippen LogP contribution is -2.20. The molecule has 2 aromatic heterocycles. The van der Waals surface area contributed by atoms with Crippen molar-refractivity contribution in [1.82, 2.24) is 19.7 Å². The maximum atomic E-state index is 5.75. The van der Waals surface area contributed by atoms with E-state index in [0.717, 1.165) is 31.7 Å². The third-order valence-electron chi connectivity index (χ3n) is 5.51. The number of aromatic nitrogens is 3. The van der Waals surface area contributed by atoms with Crippen molar-refractivity contribution in [1.29, 1.82) is 0 Å². The monoisotopic (exact) mass is 349 g/mol. The first-order valence-corrected chi connectivity index (χ1v) is 9.45. The van der Waals surface area contributed by atoms with Crippen LogP contribution in [0.2, 0.25) is 0 Å². The number of benzene rings is 1. The lowest BCUT2D eigenvalue weighted by molar-refractivity contribution is 0.326. The fraction of sp³-hybridized carbons (Fsp3) is 0.429. The highest BCUT2D eigenvalue weighted by Crippen LogP contribution is 2.32. The second-order valence-corrected chi connectivity index (χ2v) is 7.41. The summed E-state index contributed by atoms with van der Waals surface area (Å²) < 4.78 is 1.97. The van der Waals surface area contributed by atoms with Crippen LogP contribution in [0.5, 0.6) is 0 Å². The molecule has 4 rings (SSSR count). The molecule has 1 saturated heterocycles. The molecule has 1 aromatic carbocycles. The summed E-state index contributed by atoms with van der Waals surface area (Å²) >= 11 is 0. The van der Waals surface area contributed by atoms with Gasteiger partial charge in [-0.1, -0.05) is 18.2 Å². The summed E-state index contributed by atoms with van der Waals surface area (Å²) in [5.74, 6) is 0.465. The fourth-order valence-electron chi connectivity index (χ4n) is 3.97. The lowest BCUT2D eigenvalue weighted by atomic mass is 10.0. The molecule has 136 valence electrons. The van der Waals surface area contributed by atoms with E-state index in [2.05, 4.69) is 48.0 Å². The quantitative estimate of drug-likeness (QED) is 0.769. The number of rotatable bonds is 5. The summed E-state index contributed by atoms with van der Waals surface area (Å²) in [5, 5.41) is 6.06. The Morgan fingerprint density at radius 2 is 2.08 bits per heavy atom. The van der Waals surface area contributed by atoms with Crippen LogP contribution >= 0.6 is 0 Å². The highest BCUT2D eigenvalue weighted by molar-refractivity contribution is 5.78. The Balaban J connectivity index is 1.53. The third kappa shape index (κ3) is 3.24. The lowest BCUT2D eigenvalue weighted by Gasteiger charge is -2.16. The van der Waals surface area contributed by atoms with E-state index in [9.17, 15) is 0 Å². The number of pyridine rings is 1. The van der Waals surface area contributed by atoms with E-state index in [1.165, 1.54) is 27.8 Å². The van der Waals surface area contributed by atoms with Crippen molar-refractivity contribution in [2.45, 2.75) is 39.3 Å². The minimum absolute atomic E-state index is 0.465. The van der Waals surface area contributed by atoms with Crippen LogP contribution in [0.25, 0.3) is 11.0 Å². The first-order valence-electron chi connectivity index (χ1n) is 9.45. The van der Waals surface area contributed by atoms with Crippen LogP contribution in [0.15, 0.2) is 36.5 Å². The molecule has 1 unspecified atom stereocenters. The second kappa shape index (κ2) is 7.17. The van der Waals surface area contributed by atoms with Gasteiger partial charge in [0.25, 0.3) is 0 Å². The molecule has 1 aliphatic rings. The van der Waals surface area contributed by atoms with Crippen LogP contribution in [0.3, 0.4) is 0 Å². The molecule has 1 aliphatic heterocycles. The van der Waals surface area contributed by atoms with Gasteiger partial charge in [-0.2, -0.15) is 5.10 Å². The van der Waals surface area contributed by atoms with E-state index in [-0.39, 0.29) is 0 Å². The zero-order chi connectivity index (χ0) is 18.1. The summed E-state index contributed by atoms with van der Waals surface area (Å²) in [4.78, 5) is 7.07. The maximum Gasteiger partial charge on any atom is 0.158 e. The van der Waals surface area contributed by atoms with Gasteiger partial charge < -0.3 is 5.73 Å². The van der Waals surface area contributed by atoms with Crippen LogP contribution in [0.1, 0.15) is 34.7 Å². The average molecular weight is 349 g/mol. The van der Waals surface area contributed by atoms with Gasteiger partial charge in [0.2, 0.25) is 0 Å². The summed E-state index contributed by atoms with van der Waals surface area (Å²) in [5.41, 5.74) is 12.0. The molecule has 2 N–H and O–H groups in total. The number of fused-ring (bicyclic) bond motifs is 1. The number of hydrogen-bond acceptors (Lipinski definition) is 4. The highest BCUT2D eigenvalue weighted by Gasteiger charge is 2.28. The molecule has 5 nitrogen and oxygen atoms in total. The minimum atomic E-state index is 0.465. The standard InChI is InChI=1S/C21H27N5/c1-15-5-6-17(12-16(15)2)13-25-10-7-18(14-25)20-19-4-3-9-23-21(19)26(24-20)11-8-22/h3-6,9,12,18H,7-8,10-11,13-14,22H2,1-2H3. The number of aryl methyl sites for hydroxylation is 2. The van der Waals surface area contributed by atoms with E-state index in [1.54, 1.807) is 0 Å². The first kappa shape index (κ1) is 17.2. The predicted molar refractivity (Wildman–Crippen MR) is 105 cm³/mol. The smallest absolute Gasteiger partial charge is 0.158 e. The Morgan fingerprint density at radius 1 is 1.19 bits per heavy atom. The normalized spacial score (nSPS) is 18.0. The number of likely N-dealkylation sites (tertiary alicyclic amines) is 1. The van der Waals surface area contributed by atoms with Crippen molar-refractivity contribution in [2.24, 2.45) is 5.73 Å². The fourth-order valence-corrected chi connectivity index (χ4v) is 3.97. The van der Waals surface area contributed by atoms with Crippen molar-refractivity contribution in [3.8, 4) is 0 Å². The zero-order valence-electron chi connectivity index (χ0n) is 15.7. The van der Waals surface area contributed by atoms with Crippen LogP contribution in [0, 0.1) is 13.8 Å². The molecule has 0 bridgehead atoms. The predicted octanol–water partition coefficient (Wildman–Crippen LogP) is 3.00. The summed E-state index contributed by atoms with van der Waals surface area (Å²) in [6.45, 7) is 8.83. The molecule has 3 aromatic rings. The van der Waals surface area contributed by atoms with Gasteiger partial charge >= 0.3 is 0 Å². The first-order chi connectivity index (χ1) is 12.7. The van der Waals surface area contributed by atoms with Crippen LogP contribution < -0.4 is 5.73 Å². The maximum absolute atomic E-state index is 5.75. The van der Waals surface area contributed by atoms with Crippen LogP contribution in [-0.4, -0.2) is 39.3 Å². The minimum Gasteiger partial charge on any atom is -0.329 e. The molecule has 0 saturated carbocycles.